The Kier molecular flexibility index (Phi) is 3.83. The van der Waals surface area contributed by atoms with Crippen LogP contribution in [0.2, 0.25) is 0 Å². The molecule has 0 radical (unpaired) electrons. The molecule has 1 heterocycles. The van der Waals surface area contributed by atoms with E-state index in [1.165, 1.54) is 4.90 Å². The first-order valence-electron chi connectivity index (χ1n) is 5.05. The maximum Gasteiger partial charge on any atom is 0.242 e. The largest absolute Gasteiger partial charge is 0.370 e. The molecule has 1 aliphatic heterocycles. The number of carbonyl (C=O) groups is 3. The van der Waals surface area contributed by atoms with Crippen molar-refractivity contribution in [2.75, 3.05) is 13.1 Å². The standard InChI is InChI=1S/C9H16N4O3/c1-5-8(15)12-2-3-13(5)9(16)6(10)4-7(11)14/h5-6H,2-4,10H2,1H3,(H2,11,14)(H,12,15). The third-order valence-electron chi connectivity index (χ3n) is 2.52. The lowest BCUT2D eigenvalue weighted by molar-refractivity contribution is -0.144. The van der Waals surface area contributed by atoms with Gasteiger partial charge >= 0.3 is 0 Å². The molecule has 0 aromatic carbocycles. The van der Waals surface area contributed by atoms with Crippen LogP contribution in [0.1, 0.15) is 13.3 Å². The maximum atomic E-state index is 11.8. The lowest BCUT2D eigenvalue weighted by Gasteiger charge is -2.34. The summed E-state index contributed by atoms with van der Waals surface area (Å²) in [5.41, 5.74) is 10.5. The molecular formula is C9H16N4O3. The summed E-state index contributed by atoms with van der Waals surface area (Å²) in [4.78, 5) is 35.1. The van der Waals surface area contributed by atoms with Gasteiger partial charge in [0.25, 0.3) is 0 Å². The van der Waals surface area contributed by atoms with E-state index in [1.807, 2.05) is 0 Å². The van der Waals surface area contributed by atoms with Crippen LogP contribution in [0.5, 0.6) is 0 Å². The number of rotatable bonds is 3. The molecule has 2 unspecified atom stereocenters. The van der Waals surface area contributed by atoms with Crippen LogP contribution in [0.15, 0.2) is 0 Å². The number of hydrogen-bond donors (Lipinski definition) is 3. The third kappa shape index (κ3) is 2.69. The van der Waals surface area contributed by atoms with Crippen LogP contribution < -0.4 is 16.8 Å². The molecule has 0 spiro atoms. The van der Waals surface area contributed by atoms with Crippen LogP contribution in [-0.4, -0.2) is 47.8 Å². The van der Waals surface area contributed by atoms with E-state index < -0.39 is 23.9 Å². The topological polar surface area (TPSA) is 119 Å². The summed E-state index contributed by atoms with van der Waals surface area (Å²) in [6.45, 7) is 2.42. The molecule has 1 saturated heterocycles. The van der Waals surface area contributed by atoms with Crippen molar-refractivity contribution >= 4 is 17.7 Å². The van der Waals surface area contributed by atoms with Gasteiger partial charge in [-0.3, -0.25) is 14.4 Å². The van der Waals surface area contributed by atoms with Gasteiger partial charge in [0.05, 0.1) is 12.5 Å². The van der Waals surface area contributed by atoms with Crippen molar-refractivity contribution in [2.45, 2.75) is 25.4 Å². The van der Waals surface area contributed by atoms with Gasteiger partial charge in [-0.15, -0.1) is 0 Å². The van der Waals surface area contributed by atoms with Crippen molar-refractivity contribution < 1.29 is 14.4 Å². The predicted molar refractivity (Wildman–Crippen MR) is 56.0 cm³/mol. The van der Waals surface area contributed by atoms with Gasteiger partial charge < -0.3 is 21.7 Å². The Balaban J connectivity index is 2.65. The van der Waals surface area contributed by atoms with E-state index in [4.69, 9.17) is 11.5 Å². The first-order chi connectivity index (χ1) is 7.43. The van der Waals surface area contributed by atoms with Crippen LogP contribution in [0, 0.1) is 0 Å². The molecule has 90 valence electrons. The third-order valence-corrected chi connectivity index (χ3v) is 2.52. The van der Waals surface area contributed by atoms with E-state index in [0.717, 1.165) is 0 Å². The molecule has 7 nitrogen and oxygen atoms in total. The van der Waals surface area contributed by atoms with Gasteiger partial charge in [0.15, 0.2) is 0 Å². The smallest absolute Gasteiger partial charge is 0.242 e. The highest BCUT2D eigenvalue weighted by Crippen LogP contribution is 2.06. The number of hydrogen-bond acceptors (Lipinski definition) is 4. The van der Waals surface area contributed by atoms with Crippen molar-refractivity contribution in [1.29, 1.82) is 0 Å². The highest BCUT2D eigenvalue weighted by Gasteiger charge is 2.32. The zero-order valence-corrected chi connectivity index (χ0v) is 9.10. The summed E-state index contributed by atoms with van der Waals surface area (Å²) >= 11 is 0. The second-order valence-corrected chi connectivity index (χ2v) is 3.78. The van der Waals surface area contributed by atoms with Gasteiger partial charge in [0, 0.05) is 13.1 Å². The molecule has 5 N–H and O–H groups in total. The number of nitrogens with two attached hydrogens (primary N) is 2. The Labute approximate surface area is 93.1 Å². The fraction of sp³-hybridized carbons (Fsp3) is 0.667. The van der Waals surface area contributed by atoms with E-state index in [2.05, 4.69) is 5.32 Å². The molecule has 16 heavy (non-hydrogen) atoms. The molecule has 0 aliphatic carbocycles. The predicted octanol–water partition coefficient (Wildman–Crippen LogP) is -2.46. The molecule has 3 amide bonds. The number of amides is 3. The molecule has 0 bridgehead atoms. The first kappa shape index (κ1) is 12.4. The van der Waals surface area contributed by atoms with Gasteiger partial charge in [0.1, 0.15) is 6.04 Å². The molecule has 7 heteroatoms. The quantitative estimate of drug-likeness (QED) is 0.496. The molecular weight excluding hydrogens is 212 g/mol. The second kappa shape index (κ2) is 4.93. The monoisotopic (exact) mass is 228 g/mol. The minimum absolute atomic E-state index is 0.205. The van der Waals surface area contributed by atoms with E-state index in [1.54, 1.807) is 6.92 Å². The Morgan fingerprint density at radius 1 is 1.62 bits per heavy atom. The molecule has 0 saturated carbocycles. The van der Waals surface area contributed by atoms with Crippen molar-refractivity contribution in [1.82, 2.24) is 10.2 Å². The van der Waals surface area contributed by atoms with Gasteiger partial charge in [0.2, 0.25) is 17.7 Å². The molecule has 2 atom stereocenters. The summed E-state index contributed by atoms with van der Waals surface area (Å²) in [6, 6.07) is -1.52. The summed E-state index contributed by atoms with van der Waals surface area (Å²) < 4.78 is 0. The van der Waals surface area contributed by atoms with Crippen LogP contribution in [-0.2, 0) is 14.4 Å². The van der Waals surface area contributed by atoms with Crippen LogP contribution in [0.25, 0.3) is 0 Å². The minimum Gasteiger partial charge on any atom is -0.370 e. The van der Waals surface area contributed by atoms with E-state index in [9.17, 15) is 14.4 Å². The average molecular weight is 228 g/mol. The molecule has 1 aliphatic rings. The second-order valence-electron chi connectivity index (χ2n) is 3.78. The van der Waals surface area contributed by atoms with Gasteiger partial charge in [-0.25, -0.2) is 0 Å². The van der Waals surface area contributed by atoms with Crippen molar-refractivity contribution in [3.8, 4) is 0 Å². The van der Waals surface area contributed by atoms with E-state index in [0.29, 0.717) is 13.1 Å². The Bertz CT molecular complexity index is 318. The van der Waals surface area contributed by atoms with Crippen LogP contribution in [0.4, 0.5) is 0 Å². The summed E-state index contributed by atoms with van der Waals surface area (Å²) in [7, 11) is 0. The number of nitrogens with zero attached hydrogens (tertiary/aromatic N) is 1. The molecule has 1 fully saturated rings. The zero-order chi connectivity index (χ0) is 12.3. The van der Waals surface area contributed by atoms with Gasteiger partial charge in [-0.2, -0.15) is 0 Å². The fourth-order valence-electron chi connectivity index (χ4n) is 1.60. The highest BCUT2D eigenvalue weighted by atomic mass is 16.2. The SMILES string of the molecule is CC1C(=O)NCCN1C(=O)C(N)CC(N)=O. The summed E-state index contributed by atoms with van der Waals surface area (Å²) in [5, 5.41) is 2.63. The zero-order valence-electron chi connectivity index (χ0n) is 9.10. The summed E-state index contributed by atoms with van der Waals surface area (Å²) in [6.07, 6.45) is -0.205. The van der Waals surface area contributed by atoms with Crippen molar-refractivity contribution in [3.05, 3.63) is 0 Å². The van der Waals surface area contributed by atoms with Gasteiger partial charge in [-0.1, -0.05) is 0 Å². The van der Waals surface area contributed by atoms with Crippen molar-refractivity contribution in [2.24, 2.45) is 11.5 Å². The molecule has 0 aromatic heterocycles. The number of nitrogens with one attached hydrogen (secondary N) is 1. The lowest BCUT2D eigenvalue weighted by Crippen LogP contribution is -2.59. The van der Waals surface area contributed by atoms with Gasteiger partial charge in [-0.05, 0) is 6.92 Å². The van der Waals surface area contributed by atoms with Crippen LogP contribution in [0.3, 0.4) is 0 Å². The molecule has 1 rings (SSSR count). The fourth-order valence-corrected chi connectivity index (χ4v) is 1.60. The van der Waals surface area contributed by atoms with E-state index >= 15 is 0 Å². The van der Waals surface area contributed by atoms with E-state index in [-0.39, 0.29) is 12.3 Å². The average Bonchev–Trinajstić information content (AvgIpc) is 2.20. The molecule has 0 aromatic rings. The number of carbonyl (C=O) groups excluding carboxylic acids is 3. The summed E-state index contributed by atoms with van der Waals surface area (Å²) in [5.74, 6) is -1.26. The number of piperazine rings is 1. The Morgan fingerprint density at radius 3 is 2.81 bits per heavy atom. The van der Waals surface area contributed by atoms with Crippen molar-refractivity contribution in [3.63, 3.8) is 0 Å². The number of primary amides is 1. The highest BCUT2D eigenvalue weighted by molar-refractivity contribution is 5.92. The lowest BCUT2D eigenvalue weighted by atomic mass is 10.1. The van der Waals surface area contributed by atoms with Crippen LogP contribution >= 0.6 is 0 Å². The normalized spacial score (nSPS) is 22.5. The minimum atomic E-state index is -0.967. The Hall–Kier alpha value is -1.63. The first-order valence-corrected chi connectivity index (χ1v) is 5.05. The maximum absolute atomic E-state index is 11.8. The Morgan fingerprint density at radius 2 is 2.25 bits per heavy atom.